The van der Waals surface area contributed by atoms with Crippen LogP contribution >= 0.6 is 11.3 Å². The maximum atomic E-state index is 12.0. The molecular formula is C27H31N4O2S+. The van der Waals surface area contributed by atoms with Crippen LogP contribution in [0.25, 0.3) is 25.9 Å². The number of hydrogen-bond donors (Lipinski definition) is 1. The van der Waals surface area contributed by atoms with Gasteiger partial charge in [-0.25, -0.2) is 4.98 Å². The van der Waals surface area contributed by atoms with E-state index in [9.17, 15) is 4.79 Å². The summed E-state index contributed by atoms with van der Waals surface area (Å²) in [4.78, 5) is 23.6. The van der Waals surface area contributed by atoms with E-state index in [0.29, 0.717) is 6.54 Å². The summed E-state index contributed by atoms with van der Waals surface area (Å²) >= 11 is 1.68. The Morgan fingerprint density at radius 2 is 2.15 bits per heavy atom. The first-order valence-electron chi connectivity index (χ1n) is 11.5. The first kappa shape index (κ1) is 23.9. The van der Waals surface area contributed by atoms with E-state index in [1.54, 1.807) is 37.4 Å². The van der Waals surface area contributed by atoms with E-state index in [2.05, 4.69) is 34.4 Å². The third-order valence-corrected chi connectivity index (χ3v) is 6.94. The molecule has 0 radical (unpaired) electrons. The largest absolute Gasteiger partial charge is 0.489 e. The van der Waals surface area contributed by atoms with Crippen LogP contribution in [-0.4, -0.2) is 49.6 Å². The van der Waals surface area contributed by atoms with Gasteiger partial charge >= 0.3 is 6.07 Å². The summed E-state index contributed by atoms with van der Waals surface area (Å²) in [5.74, 6) is 0.861. The molecule has 1 amide bonds. The highest BCUT2D eigenvalue weighted by molar-refractivity contribution is 7.18. The normalized spacial score (nSPS) is 14.5. The molecule has 4 rings (SSSR count). The summed E-state index contributed by atoms with van der Waals surface area (Å²) in [5.41, 5.74) is 5.71. The van der Waals surface area contributed by atoms with Crippen LogP contribution in [0.4, 0.5) is 0 Å². The first-order valence-corrected chi connectivity index (χ1v) is 12.4. The highest BCUT2D eigenvalue weighted by Gasteiger charge is 2.26. The highest BCUT2D eigenvalue weighted by Crippen LogP contribution is 2.41. The number of aromatic nitrogens is 1. The predicted molar refractivity (Wildman–Crippen MR) is 139 cm³/mol. The van der Waals surface area contributed by atoms with Crippen molar-refractivity contribution in [1.82, 2.24) is 15.2 Å². The van der Waals surface area contributed by atoms with Crippen LogP contribution in [0.1, 0.15) is 43.0 Å². The van der Waals surface area contributed by atoms with Crippen LogP contribution in [-0.2, 0) is 11.2 Å². The van der Waals surface area contributed by atoms with Crippen molar-refractivity contribution >= 4 is 17.2 Å². The van der Waals surface area contributed by atoms with Gasteiger partial charge < -0.3 is 15.0 Å². The van der Waals surface area contributed by atoms with Gasteiger partial charge in [-0.15, -0.1) is 11.3 Å². The molecule has 1 aliphatic carbocycles. The molecule has 0 bridgehead atoms. The van der Waals surface area contributed by atoms with E-state index < -0.39 is 0 Å². The molecule has 34 heavy (non-hydrogen) atoms. The maximum Gasteiger partial charge on any atom is 0.314 e. The zero-order chi connectivity index (χ0) is 24.2. The van der Waals surface area contributed by atoms with Gasteiger partial charge in [0.15, 0.2) is 0 Å². The molecule has 0 saturated carbocycles. The van der Waals surface area contributed by atoms with Gasteiger partial charge in [-0.2, -0.15) is 0 Å². The molecule has 1 aromatic heterocycles. The number of amides is 1. The fourth-order valence-corrected chi connectivity index (χ4v) is 5.19. The van der Waals surface area contributed by atoms with Crippen LogP contribution in [0.15, 0.2) is 42.6 Å². The molecular weight excluding hydrogens is 444 g/mol. The highest BCUT2D eigenvalue weighted by atomic mass is 32.1. The average molecular weight is 476 g/mol. The lowest BCUT2D eigenvalue weighted by Crippen LogP contribution is -2.34. The second-order valence-electron chi connectivity index (χ2n) is 8.88. The van der Waals surface area contributed by atoms with Gasteiger partial charge in [0.1, 0.15) is 16.3 Å². The Kier molecular flexibility index (Phi) is 7.30. The van der Waals surface area contributed by atoms with Gasteiger partial charge in [0.05, 0.1) is 17.5 Å². The third-order valence-electron chi connectivity index (χ3n) is 5.86. The molecule has 1 heterocycles. The topological polar surface area (TPSA) is 58.8 Å². The standard InChI is InChI=1S/C27H31N4O2S/c1-17(2)33-24-12-9-18(13-19(24)14-28-3)27-30-15-25(34-27)22-8-6-7-21-20(22)10-11-23(21)29-16-26(32)31(4)5/h6-9,12-13,15,17,23,29H,10-11,16H2,1-5H3/q+1. The van der Waals surface area contributed by atoms with Crippen LogP contribution in [0.5, 0.6) is 5.75 Å². The molecule has 1 aliphatic rings. The van der Waals surface area contributed by atoms with E-state index in [1.807, 2.05) is 38.2 Å². The van der Waals surface area contributed by atoms with Gasteiger partial charge in [-0.1, -0.05) is 23.0 Å². The third kappa shape index (κ3) is 5.14. The number of carbonyl (C=O) groups excluding carboxylic acids is 1. The first-order chi connectivity index (χ1) is 16.4. The molecule has 0 spiro atoms. The van der Waals surface area contributed by atoms with Crippen LogP contribution in [0, 0.1) is 6.07 Å². The number of benzene rings is 2. The van der Waals surface area contributed by atoms with Crippen molar-refractivity contribution < 1.29 is 9.53 Å². The van der Waals surface area contributed by atoms with E-state index in [0.717, 1.165) is 39.6 Å². The quantitative estimate of drug-likeness (QED) is 0.508. The van der Waals surface area contributed by atoms with Crippen molar-refractivity contribution in [1.29, 1.82) is 0 Å². The maximum absolute atomic E-state index is 12.0. The second-order valence-corrected chi connectivity index (χ2v) is 9.91. The van der Waals surface area contributed by atoms with Gasteiger partial charge in [0, 0.05) is 31.9 Å². The number of nitrogens with zero attached hydrogens (tertiary/aromatic N) is 3. The molecule has 3 aromatic rings. The van der Waals surface area contributed by atoms with Crippen molar-refractivity contribution in [2.24, 2.45) is 0 Å². The van der Waals surface area contributed by atoms with Crippen molar-refractivity contribution in [3.63, 3.8) is 0 Å². The molecule has 6 nitrogen and oxygen atoms in total. The lowest BCUT2D eigenvalue weighted by atomic mass is 10.0. The van der Waals surface area contributed by atoms with Gasteiger partial charge in [-0.05, 0) is 61.6 Å². The van der Waals surface area contributed by atoms with Gasteiger partial charge in [0.25, 0.3) is 7.05 Å². The zero-order valence-electron chi connectivity index (χ0n) is 20.4. The van der Waals surface area contributed by atoms with E-state index in [4.69, 9.17) is 9.72 Å². The zero-order valence-corrected chi connectivity index (χ0v) is 21.2. The summed E-state index contributed by atoms with van der Waals surface area (Å²) in [7, 11) is 5.28. The van der Waals surface area contributed by atoms with E-state index >= 15 is 0 Å². The SMILES string of the molecule is C[N+]#Cc1cc(-c2ncc(-c3cccc4c3CCC4NCC(=O)N(C)C)s2)ccc1OC(C)C. The van der Waals surface area contributed by atoms with Crippen LogP contribution in [0.2, 0.25) is 0 Å². The van der Waals surface area contributed by atoms with Crippen LogP contribution < -0.4 is 10.1 Å². The molecule has 176 valence electrons. The number of ether oxygens (including phenoxy) is 1. The minimum atomic E-state index is 0.0780. The van der Waals surface area contributed by atoms with Crippen molar-refractivity contribution in [2.45, 2.75) is 38.8 Å². The van der Waals surface area contributed by atoms with E-state index in [-0.39, 0.29) is 18.1 Å². The van der Waals surface area contributed by atoms with Gasteiger partial charge in [0.2, 0.25) is 5.91 Å². The number of hydrogen-bond acceptors (Lipinski definition) is 5. The summed E-state index contributed by atoms with van der Waals surface area (Å²) in [6.45, 7) is 4.36. The Morgan fingerprint density at radius 3 is 2.88 bits per heavy atom. The molecule has 1 atom stereocenters. The molecule has 7 heteroatoms. The molecule has 1 unspecified atom stereocenters. The minimum Gasteiger partial charge on any atom is -0.489 e. The fraction of sp³-hybridized carbons (Fsp3) is 0.370. The number of thiazole rings is 1. The monoisotopic (exact) mass is 475 g/mol. The Balaban J connectivity index is 1.59. The van der Waals surface area contributed by atoms with Crippen LogP contribution in [0.3, 0.4) is 0 Å². The Bertz CT molecular complexity index is 1250. The predicted octanol–water partition coefficient (Wildman–Crippen LogP) is 5.24. The molecule has 2 aromatic carbocycles. The number of likely N-dealkylation sites (N-methyl/N-ethyl adjacent to an activating group) is 1. The lowest BCUT2D eigenvalue weighted by molar-refractivity contribution is -0.127. The number of nitrogens with one attached hydrogen (secondary N) is 1. The number of fused-ring (bicyclic) bond motifs is 1. The summed E-state index contributed by atoms with van der Waals surface area (Å²) in [5, 5.41) is 4.39. The average Bonchev–Trinajstić information content (AvgIpc) is 3.46. The van der Waals surface area contributed by atoms with Crippen molar-refractivity contribution in [2.75, 3.05) is 27.7 Å². The Morgan fingerprint density at radius 1 is 1.32 bits per heavy atom. The second kappa shape index (κ2) is 10.4. The number of rotatable bonds is 7. The Hall–Kier alpha value is -3.21. The lowest BCUT2D eigenvalue weighted by Gasteiger charge is -2.16. The fourth-order valence-electron chi connectivity index (χ4n) is 4.23. The molecule has 0 aliphatic heterocycles. The number of carbonyl (C=O) groups is 1. The Labute approximate surface area is 205 Å². The summed E-state index contributed by atoms with van der Waals surface area (Å²) in [6, 6.07) is 15.7. The van der Waals surface area contributed by atoms with Gasteiger partial charge in [-0.3, -0.25) is 4.79 Å². The smallest absolute Gasteiger partial charge is 0.314 e. The summed E-state index contributed by atoms with van der Waals surface area (Å²) < 4.78 is 5.90. The van der Waals surface area contributed by atoms with E-state index in [1.165, 1.54) is 16.7 Å². The molecule has 0 saturated heterocycles. The molecule has 0 fully saturated rings. The molecule has 1 N–H and O–H groups in total. The van der Waals surface area contributed by atoms with Crippen molar-refractivity contribution in [3.8, 4) is 32.8 Å². The summed E-state index contributed by atoms with van der Waals surface area (Å²) in [6.07, 6.45) is 4.02. The van der Waals surface area contributed by atoms with Crippen molar-refractivity contribution in [3.05, 3.63) is 64.1 Å². The minimum absolute atomic E-state index is 0.0780.